The van der Waals surface area contributed by atoms with E-state index >= 15 is 0 Å². The van der Waals surface area contributed by atoms with Gasteiger partial charge in [0.1, 0.15) is 12.1 Å². The second kappa shape index (κ2) is 5.97. The molecule has 21 heavy (non-hydrogen) atoms. The van der Waals surface area contributed by atoms with E-state index in [0.717, 1.165) is 42.0 Å². The van der Waals surface area contributed by atoms with Crippen LogP contribution in [0.4, 0.5) is 5.82 Å². The van der Waals surface area contributed by atoms with Gasteiger partial charge in [-0.25, -0.2) is 9.97 Å². The number of carbonyl (C=O) groups is 1. The van der Waals surface area contributed by atoms with Gasteiger partial charge < -0.3 is 10.2 Å². The molecule has 6 heteroatoms. The van der Waals surface area contributed by atoms with Gasteiger partial charge in [-0.05, 0) is 24.3 Å². The number of anilines is 1. The first-order valence-corrected chi connectivity index (χ1v) is 8.26. The number of nitrogens with one attached hydrogen (secondary N) is 1. The number of thiophene rings is 1. The number of rotatable bonds is 3. The van der Waals surface area contributed by atoms with E-state index in [1.807, 2.05) is 30.2 Å². The summed E-state index contributed by atoms with van der Waals surface area (Å²) in [5.41, 5.74) is 0.991. The van der Waals surface area contributed by atoms with E-state index in [9.17, 15) is 4.79 Å². The molecule has 1 amide bonds. The second-order valence-electron chi connectivity index (χ2n) is 5.76. The molecule has 3 rings (SSSR count). The van der Waals surface area contributed by atoms with Crippen LogP contribution in [-0.2, 0) is 4.79 Å². The molecule has 0 radical (unpaired) electrons. The lowest BCUT2D eigenvalue weighted by Crippen LogP contribution is -2.44. The van der Waals surface area contributed by atoms with Crippen molar-refractivity contribution in [3.8, 4) is 0 Å². The monoisotopic (exact) mass is 304 g/mol. The van der Waals surface area contributed by atoms with Crippen molar-refractivity contribution in [1.82, 2.24) is 14.9 Å². The number of aromatic nitrogens is 2. The molecule has 2 aromatic rings. The van der Waals surface area contributed by atoms with Crippen molar-refractivity contribution in [1.29, 1.82) is 0 Å². The van der Waals surface area contributed by atoms with Crippen molar-refractivity contribution in [2.24, 2.45) is 5.92 Å². The van der Waals surface area contributed by atoms with E-state index in [1.165, 1.54) is 0 Å². The lowest BCUT2D eigenvalue weighted by atomic mass is 10.0. The van der Waals surface area contributed by atoms with Crippen LogP contribution in [0.25, 0.3) is 10.2 Å². The molecule has 3 heterocycles. The Balaban J connectivity index is 1.63. The molecule has 0 aliphatic carbocycles. The summed E-state index contributed by atoms with van der Waals surface area (Å²) < 4.78 is 1.11. The summed E-state index contributed by atoms with van der Waals surface area (Å²) in [6.45, 7) is 5.57. The van der Waals surface area contributed by atoms with Crippen LogP contribution in [0.3, 0.4) is 0 Å². The topological polar surface area (TPSA) is 58.1 Å². The van der Waals surface area contributed by atoms with Crippen LogP contribution in [0.1, 0.15) is 26.7 Å². The summed E-state index contributed by atoms with van der Waals surface area (Å²) in [5.74, 6) is 1.27. The maximum atomic E-state index is 12.0. The largest absolute Gasteiger partial charge is 0.366 e. The number of hydrogen-bond donors (Lipinski definition) is 1. The minimum atomic E-state index is 0.0853. The molecular formula is C15H20N4OS. The van der Waals surface area contributed by atoms with Gasteiger partial charge in [0.15, 0.2) is 0 Å². The molecule has 0 atom stereocenters. The molecule has 5 nitrogen and oxygen atoms in total. The van der Waals surface area contributed by atoms with E-state index in [1.54, 1.807) is 17.7 Å². The molecule has 1 aliphatic heterocycles. The average Bonchev–Trinajstić information content (AvgIpc) is 2.97. The molecule has 112 valence electrons. The lowest BCUT2D eigenvalue weighted by Gasteiger charge is -2.33. The van der Waals surface area contributed by atoms with Crippen LogP contribution in [0, 0.1) is 5.92 Å². The van der Waals surface area contributed by atoms with Crippen LogP contribution < -0.4 is 5.32 Å². The fraction of sp³-hybridized carbons (Fsp3) is 0.533. The molecule has 1 saturated heterocycles. The Kier molecular flexibility index (Phi) is 4.05. The standard InChI is InChI=1S/C15H20N4OS/c1-10(2)15(20)19-6-3-11(4-7-19)18-14-13-12(5-8-21-13)16-9-17-14/h5,8-11H,3-4,6-7H2,1-2H3,(H,16,17,18). The first-order chi connectivity index (χ1) is 10.1. The van der Waals surface area contributed by atoms with Gasteiger partial charge in [-0.15, -0.1) is 11.3 Å². The molecule has 1 aliphatic rings. The van der Waals surface area contributed by atoms with Gasteiger partial charge in [0.2, 0.25) is 5.91 Å². The SMILES string of the molecule is CC(C)C(=O)N1CCC(Nc2ncnc3ccsc23)CC1. The smallest absolute Gasteiger partial charge is 0.225 e. The highest BCUT2D eigenvalue weighted by Gasteiger charge is 2.24. The highest BCUT2D eigenvalue weighted by atomic mass is 32.1. The summed E-state index contributed by atoms with van der Waals surface area (Å²) >= 11 is 1.66. The molecule has 0 aromatic carbocycles. The summed E-state index contributed by atoms with van der Waals surface area (Å²) in [6.07, 6.45) is 3.54. The molecule has 0 spiro atoms. The number of hydrogen-bond acceptors (Lipinski definition) is 5. The van der Waals surface area contributed by atoms with Crippen molar-refractivity contribution < 1.29 is 4.79 Å². The molecule has 0 unspecified atom stereocenters. The van der Waals surface area contributed by atoms with Gasteiger partial charge in [-0.1, -0.05) is 13.8 Å². The number of likely N-dealkylation sites (tertiary alicyclic amines) is 1. The zero-order valence-corrected chi connectivity index (χ0v) is 13.2. The first kappa shape index (κ1) is 14.3. The van der Waals surface area contributed by atoms with Gasteiger partial charge >= 0.3 is 0 Å². The number of carbonyl (C=O) groups excluding carboxylic acids is 1. The third-order valence-electron chi connectivity index (χ3n) is 3.88. The van der Waals surface area contributed by atoms with Crippen molar-refractivity contribution >= 4 is 33.3 Å². The Morgan fingerprint density at radius 3 is 2.86 bits per heavy atom. The Labute approximate surface area is 128 Å². The summed E-state index contributed by atoms with van der Waals surface area (Å²) in [5, 5.41) is 5.56. The lowest BCUT2D eigenvalue weighted by molar-refractivity contribution is -0.135. The predicted molar refractivity (Wildman–Crippen MR) is 85.5 cm³/mol. The summed E-state index contributed by atoms with van der Waals surface area (Å²) in [4.78, 5) is 22.6. The Morgan fingerprint density at radius 2 is 2.14 bits per heavy atom. The van der Waals surface area contributed by atoms with E-state index in [-0.39, 0.29) is 11.8 Å². The van der Waals surface area contributed by atoms with Crippen LogP contribution >= 0.6 is 11.3 Å². The highest BCUT2D eigenvalue weighted by molar-refractivity contribution is 7.17. The van der Waals surface area contributed by atoms with Crippen molar-refractivity contribution in [3.63, 3.8) is 0 Å². The van der Waals surface area contributed by atoms with Crippen molar-refractivity contribution in [3.05, 3.63) is 17.8 Å². The fourth-order valence-electron chi connectivity index (χ4n) is 2.69. The van der Waals surface area contributed by atoms with Crippen molar-refractivity contribution in [2.75, 3.05) is 18.4 Å². The molecule has 0 bridgehead atoms. The number of piperidine rings is 1. The third kappa shape index (κ3) is 3.00. The zero-order chi connectivity index (χ0) is 14.8. The Morgan fingerprint density at radius 1 is 1.38 bits per heavy atom. The van der Waals surface area contributed by atoms with Gasteiger partial charge in [0.25, 0.3) is 0 Å². The van der Waals surface area contributed by atoms with Crippen molar-refractivity contribution in [2.45, 2.75) is 32.7 Å². The quantitative estimate of drug-likeness (QED) is 0.947. The van der Waals surface area contributed by atoms with E-state index < -0.39 is 0 Å². The number of amides is 1. The Bertz CT molecular complexity index is 631. The maximum Gasteiger partial charge on any atom is 0.225 e. The van der Waals surface area contributed by atoms with Crippen LogP contribution in [-0.4, -0.2) is 39.9 Å². The van der Waals surface area contributed by atoms with E-state index in [0.29, 0.717) is 6.04 Å². The zero-order valence-electron chi connectivity index (χ0n) is 12.4. The van der Waals surface area contributed by atoms with E-state index in [4.69, 9.17) is 0 Å². The van der Waals surface area contributed by atoms with Crippen LogP contribution in [0.2, 0.25) is 0 Å². The summed E-state index contributed by atoms with van der Waals surface area (Å²) in [7, 11) is 0. The van der Waals surface area contributed by atoms with Gasteiger partial charge in [0.05, 0.1) is 10.2 Å². The van der Waals surface area contributed by atoms with Crippen LogP contribution in [0.5, 0.6) is 0 Å². The number of fused-ring (bicyclic) bond motifs is 1. The maximum absolute atomic E-state index is 12.0. The minimum Gasteiger partial charge on any atom is -0.366 e. The first-order valence-electron chi connectivity index (χ1n) is 7.38. The second-order valence-corrected chi connectivity index (χ2v) is 6.67. The van der Waals surface area contributed by atoms with Gasteiger partial charge in [-0.3, -0.25) is 4.79 Å². The summed E-state index contributed by atoms with van der Waals surface area (Å²) in [6, 6.07) is 2.39. The molecule has 1 fully saturated rings. The molecule has 0 saturated carbocycles. The van der Waals surface area contributed by atoms with Gasteiger partial charge in [-0.2, -0.15) is 0 Å². The normalized spacial score (nSPS) is 16.6. The average molecular weight is 304 g/mol. The third-order valence-corrected chi connectivity index (χ3v) is 4.79. The fourth-order valence-corrected chi connectivity index (χ4v) is 3.49. The van der Waals surface area contributed by atoms with E-state index in [2.05, 4.69) is 15.3 Å². The van der Waals surface area contributed by atoms with Crippen LogP contribution in [0.15, 0.2) is 17.8 Å². The highest BCUT2D eigenvalue weighted by Crippen LogP contribution is 2.26. The Hall–Kier alpha value is -1.69. The minimum absolute atomic E-state index is 0.0853. The molecule has 1 N–H and O–H groups in total. The molecule has 2 aromatic heterocycles. The molecular weight excluding hydrogens is 284 g/mol. The van der Waals surface area contributed by atoms with Gasteiger partial charge in [0, 0.05) is 25.0 Å². The predicted octanol–water partition coefficient (Wildman–Crippen LogP) is 2.75. The number of nitrogens with zero attached hydrogens (tertiary/aromatic N) is 3.